The third-order valence-corrected chi connectivity index (χ3v) is 4.65. The van der Waals surface area contributed by atoms with Crippen molar-refractivity contribution in [1.82, 2.24) is 0 Å². The zero-order valence-corrected chi connectivity index (χ0v) is 13.8. The van der Waals surface area contributed by atoms with Crippen LogP contribution in [0.25, 0.3) is 0 Å². The largest absolute Gasteiger partial charge is 0.489 e. The van der Waals surface area contributed by atoms with Gasteiger partial charge in [0, 0.05) is 15.1 Å². The van der Waals surface area contributed by atoms with Crippen LogP contribution in [0.2, 0.25) is 5.02 Å². The molecule has 0 heterocycles. The maximum atomic E-state index is 10.1. The lowest BCUT2D eigenvalue weighted by molar-refractivity contribution is 0.156. The number of aliphatic hydroxyl groups excluding tert-OH is 1. The molecule has 0 fully saturated rings. The van der Waals surface area contributed by atoms with Crippen LogP contribution in [-0.2, 0) is 13.0 Å². The van der Waals surface area contributed by atoms with Crippen LogP contribution in [0.15, 0.2) is 40.9 Å². The van der Waals surface area contributed by atoms with E-state index in [-0.39, 0.29) is 6.10 Å². The van der Waals surface area contributed by atoms with E-state index in [1.54, 1.807) is 0 Å². The van der Waals surface area contributed by atoms with Crippen LogP contribution in [-0.4, -0.2) is 5.11 Å². The van der Waals surface area contributed by atoms with Gasteiger partial charge in [0.25, 0.3) is 0 Å². The van der Waals surface area contributed by atoms with Gasteiger partial charge in [0.2, 0.25) is 0 Å². The Morgan fingerprint density at radius 3 is 2.90 bits per heavy atom. The molecule has 1 aliphatic carbocycles. The second kappa shape index (κ2) is 6.39. The molecule has 0 saturated heterocycles. The van der Waals surface area contributed by atoms with E-state index in [2.05, 4.69) is 22.0 Å². The highest BCUT2D eigenvalue weighted by atomic mass is 79.9. The van der Waals surface area contributed by atoms with E-state index < -0.39 is 0 Å². The van der Waals surface area contributed by atoms with Crippen molar-refractivity contribution in [2.75, 3.05) is 0 Å². The number of aryl methyl sites for hydroxylation is 1. The summed E-state index contributed by atoms with van der Waals surface area (Å²) in [5, 5.41) is 10.7. The molecule has 2 nitrogen and oxygen atoms in total. The maximum absolute atomic E-state index is 10.1. The standard InChI is InChI=1S/C17H16BrClO2/c18-13-6-4-12(16(19)8-13)10-21-14-7-5-11-2-1-3-17(20)15(11)9-14/h4-9,17,20H,1-3,10H2/t17-/m0/s1. The normalized spacial score (nSPS) is 17.4. The molecule has 1 atom stereocenters. The summed E-state index contributed by atoms with van der Waals surface area (Å²) < 4.78 is 6.77. The summed E-state index contributed by atoms with van der Waals surface area (Å²) >= 11 is 9.57. The van der Waals surface area contributed by atoms with Gasteiger partial charge in [0.15, 0.2) is 0 Å². The predicted octanol–water partition coefficient (Wildman–Crippen LogP) is 5.05. The van der Waals surface area contributed by atoms with Crippen LogP contribution in [0.5, 0.6) is 5.75 Å². The van der Waals surface area contributed by atoms with Crippen molar-refractivity contribution >= 4 is 27.5 Å². The van der Waals surface area contributed by atoms with E-state index in [4.69, 9.17) is 16.3 Å². The van der Waals surface area contributed by atoms with Crippen molar-refractivity contribution in [2.24, 2.45) is 0 Å². The Labute approximate surface area is 137 Å². The van der Waals surface area contributed by atoms with Crippen LogP contribution in [0.3, 0.4) is 0 Å². The number of fused-ring (bicyclic) bond motifs is 1. The van der Waals surface area contributed by atoms with Gasteiger partial charge in [-0.15, -0.1) is 0 Å². The number of hydrogen-bond acceptors (Lipinski definition) is 2. The summed E-state index contributed by atoms with van der Waals surface area (Å²) in [6, 6.07) is 11.7. The van der Waals surface area contributed by atoms with Gasteiger partial charge in [-0.1, -0.05) is 39.7 Å². The van der Waals surface area contributed by atoms with Crippen LogP contribution < -0.4 is 4.74 Å². The van der Waals surface area contributed by atoms with Gasteiger partial charge >= 0.3 is 0 Å². The molecule has 0 unspecified atom stereocenters. The molecule has 0 amide bonds. The van der Waals surface area contributed by atoms with E-state index in [0.717, 1.165) is 40.6 Å². The molecule has 0 spiro atoms. The van der Waals surface area contributed by atoms with Gasteiger partial charge in [-0.2, -0.15) is 0 Å². The first-order valence-corrected chi connectivity index (χ1v) is 8.18. The molecule has 0 aliphatic heterocycles. The van der Waals surface area contributed by atoms with Crippen molar-refractivity contribution in [3.05, 3.63) is 62.6 Å². The third-order valence-electron chi connectivity index (χ3n) is 3.81. The van der Waals surface area contributed by atoms with Crippen molar-refractivity contribution in [3.8, 4) is 5.75 Å². The van der Waals surface area contributed by atoms with Gasteiger partial charge in [0.1, 0.15) is 12.4 Å². The lowest BCUT2D eigenvalue weighted by Crippen LogP contribution is -2.09. The van der Waals surface area contributed by atoms with Crippen molar-refractivity contribution in [1.29, 1.82) is 0 Å². The monoisotopic (exact) mass is 366 g/mol. The van der Waals surface area contributed by atoms with Crippen LogP contribution in [0.1, 0.15) is 35.6 Å². The minimum absolute atomic E-state index is 0.367. The Kier molecular flexibility index (Phi) is 4.53. The van der Waals surface area contributed by atoms with Gasteiger partial charge in [-0.3, -0.25) is 0 Å². The predicted molar refractivity (Wildman–Crippen MR) is 87.8 cm³/mol. The van der Waals surface area contributed by atoms with E-state index in [1.165, 1.54) is 5.56 Å². The Balaban J connectivity index is 1.75. The minimum atomic E-state index is -0.367. The number of ether oxygens (including phenoxy) is 1. The molecule has 0 radical (unpaired) electrons. The van der Waals surface area contributed by atoms with E-state index in [9.17, 15) is 5.11 Å². The molecule has 0 aromatic heterocycles. The zero-order chi connectivity index (χ0) is 14.8. The second-order valence-electron chi connectivity index (χ2n) is 5.29. The number of hydrogen-bond donors (Lipinski definition) is 1. The average Bonchev–Trinajstić information content (AvgIpc) is 2.47. The van der Waals surface area contributed by atoms with Crippen LogP contribution in [0.4, 0.5) is 0 Å². The lowest BCUT2D eigenvalue weighted by Gasteiger charge is -2.22. The molecule has 4 heteroatoms. The maximum Gasteiger partial charge on any atom is 0.120 e. The molecular weight excluding hydrogens is 352 g/mol. The first kappa shape index (κ1) is 14.9. The third kappa shape index (κ3) is 3.42. The fraction of sp³-hybridized carbons (Fsp3) is 0.294. The molecule has 2 aromatic carbocycles. The van der Waals surface area contributed by atoms with Gasteiger partial charge in [-0.25, -0.2) is 0 Å². The number of halogens is 2. The molecule has 0 bridgehead atoms. The van der Waals surface area contributed by atoms with E-state index >= 15 is 0 Å². The minimum Gasteiger partial charge on any atom is -0.489 e. The first-order valence-electron chi connectivity index (χ1n) is 7.01. The van der Waals surface area contributed by atoms with Crippen LogP contribution >= 0.6 is 27.5 Å². The molecule has 3 rings (SSSR count). The Morgan fingerprint density at radius 2 is 2.10 bits per heavy atom. The molecular formula is C17H16BrClO2. The molecule has 1 N–H and O–H groups in total. The van der Waals surface area contributed by atoms with Crippen molar-refractivity contribution in [3.63, 3.8) is 0 Å². The summed E-state index contributed by atoms with van der Waals surface area (Å²) in [4.78, 5) is 0. The van der Waals surface area contributed by atoms with Crippen LogP contribution in [0, 0.1) is 0 Å². The number of benzene rings is 2. The fourth-order valence-corrected chi connectivity index (χ4v) is 3.37. The summed E-state index contributed by atoms with van der Waals surface area (Å²) in [7, 11) is 0. The molecule has 0 saturated carbocycles. The highest BCUT2D eigenvalue weighted by molar-refractivity contribution is 9.10. The van der Waals surface area contributed by atoms with E-state index in [0.29, 0.717) is 11.6 Å². The van der Waals surface area contributed by atoms with E-state index in [1.807, 2.05) is 30.3 Å². The number of aliphatic hydroxyl groups is 1. The highest BCUT2D eigenvalue weighted by Crippen LogP contribution is 2.32. The molecule has 21 heavy (non-hydrogen) atoms. The Bertz CT molecular complexity index is 657. The van der Waals surface area contributed by atoms with Crippen molar-refractivity contribution in [2.45, 2.75) is 32.0 Å². The first-order chi connectivity index (χ1) is 10.1. The zero-order valence-electron chi connectivity index (χ0n) is 11.5. The quantitative estimate of drug-likeness (QED) is 0.822. The fourth-order valence-electron chi connectivity index (χ4n) is 2.64. The SMILES string of the molecule is O[C@H]1CCCc2ccc(OCc3ccc(Br)cc3Cl)cc21. The van der Waals surface area contributed by atoms with Gasteiger partial charge in [0.05, 0.1) is 6.10 Å². The Morgan fingerprint density at radius 1 is 1.24 bits per heavy atom. The smallest absolute Gasteiger partial charge is 0.120 e. The summed E-state index contributed by atoms with van der Waals surface area (Å²) in [5.74, 6) is 0.772. The van der Waals surface area contributed by atoms with Gasteiger partial charge in [-0.05, 0) is 54.7 Å². The molecule has 2 aromatic rings. The van der Waals surface area contributed by atoms with Crippen molar-refractivity contribution < 1.29 is 9.84 Å². The lowest BCUT2D eigenvalue weighted by atomic mass is 9.89. The summed E-state index contributed by atoms with van der Waals surface area (Å²) in [6.45, 7) is 0.418. The molecule has 1 aliphatic rings. The summed E-state index contributed by atoms with van der Waals surface area (Å²) in [6.07, 6.45) is 2.54. The second-order valence-corrected chi connectivity index (χ2v) is 6.62. The average molecular weight is 368 g/mol. The topological polar surface area (TPSA) is 29.5 Å². The highest BCUT2D eigenvalue weighted by Gasteiger charge is 2.18. The number of rotatable bonds is 3. The Hall–Kier alpha value is -1.03. The van der Waals surface area contributed by atoms with Gasteiger partial charge < -0.3 is 9.84 Å². The summed E-state index contributed by atoms with van der Waals surface area (Å²) in [5.41, 5.74) is 3.17. The molecule has 110 valence electrons.